The van der Waals surface area contributed by atoms with Gasteiger partial charge < -0.3 is 19.3 Å². The minimum atomic E-state index is -4.17. The van der Waals surface area contributed by atoms with Crippen LogP contribution >= 0.6 is 7.60 Å². The van der Waals surface area contributed by atoms with E-state index < -0.39 is 13.3 Å². The van der Waals surface area contributed by atoms with Gasteiger partial charge in [0.05, 0.1) is 19.9 Å². The lowest BCUT2D eigenvalue weighted by molar-refractivity contribution is 0.356. The summed E-state index contributed by atoms with van der Waals surface area (Å²) in [5, 5.41) is 0. The lowest BCUT2D eigenvalue weighted by Crippen LogP contribution is -2.00. The van der Waals surface area contributed by atoms with Crippen LogP contribution in [-0.2, 0) is 4.57 Å². The highest BCUT2D eigenvalue weighted by Crippen LogP contribution is 2.54. The molecule has 0 aromatic heterocycles. The molecule has 1 unspecified atom stereocenters. The number of rotatable bonds is 5. The molecule has 1 aromatic carbocycles. The maximum absolute atomic E-state index is 11.4. The molecular weight excluding hydrogens is 243 g/mol. The van der Waals surface area contributed by atoms with Gasteiger partial charge in [-0.2, -0.15) is 0 Å². The SMILES string of the molecule is CCC(c1cc(OC)cc(OC)c1)P(=O)(O)O. The predicted molar refractivity (Wildman–Crippen MR) is 64.6 cm³/mol. The van der Waals surface area contributed by atoms with Gasteiger partial charge in [-0.3, -0.25) is 4.57 Å². The Labute approximate surface area is 101 Å². The standard InChI is InChI=1S/C11H17O5P/c1-4-11(17(12,13)14)8-5-9(15-2)7-10(6-8)16-3/h5-7,11H,4H2,1-3H3,(H2,12,13,14). The Balaban J connectivity index is 3.23. The zero-order valence-electron chi connectivity index (χ0n) is 10.1. The summed E-state index contributed by atoms with van der Waals surface area (Å²) in [6.45, 7) is 1.73. The molecule has 0 aliphatic rings. The molecule has 1 aromatic rings. The molecule has 96 valence electrons. The maximum Gasteiger partial charge on any atom is 0.332 e. The zero-order chi connectivity index (χ0) is 13.1. The number of hydrogen-bond donors (Lipinski definition) is 2. The van der Waals surface area contributed by atoms with Crippen molar-refractivity contribution in [3.63, 3.8) is 0 Å². The van der Waals surface area contributed by atoms with Gasteiger partial charge in [0.25, 0.3) is 0 Å². The molecule has 5 nitrogen and oxygen atoms in total. The van der Waals surface area contributed by atoms with Crippen molar-refractivity contribution in [3.8, 4) is 11.5 Å². The number of hydrogen-bond acceptors (Lipinski definition) is 3. The minimum Gasteiger partial charge on any atom is -0.497 e. The molecule has 17 heavy (non-hydrogen) atoms. The lowest BCUT2D eigenvalue weighted by atomic mass is 10.1. The second kappa shape index (κ2) is 5.54. The molecule has 0 radical (unpaired) electrons. The summed E-state index contributed by atoms with van der Waals surface area (Å²) in [5.41, 5.74) is -0.302. The predicted octanol–water partition coefficient (Wildman–Crippen LogP) is 2.33. The lowest BCUT2D eigenvalue weighted by Gasteiger charge is -2.18. The zero-order valence-corrected chi connectivity index (χ0v) is 11.0. The largest absolute Gasteiger partial charge is 0.497 e. The van der Waals surface area contributed by atoms with Gasteiger partial charge in [-0.1, -0.05) is 6.92 Å². The van der Waals surface area contributed by atoms with E-state index in [0.717, 1.165) is 0 Å². The average molecular weight is 260 g/mol. The molecule has 0 saturated carbocycles. The van der Waals surface area contributed by atoms with Gasteiger partial charge in [-0.05, 0) is 24.1 Å². The van der Waals surface area contributed by atoms with Crippen LogP contribution in [0, 0.1) is 0 Å². The summed E-state index contributed by atoms with van der Waals surface area (Å²) in [7, 11) is -1.18. The number of benzene rings is 1. The molecule has 0 aliphatic carbocycles. The third-order valence-electron chi connectivity index (χ3n) is 2.55. The van der Waals surface area contributed by atoms with E-state index in [1.807, 2.05) is 0 Å². The van der Waals surface area contributed by atoms with Crippen molar-refractivity contribution in [1.29, 1.82) is 0 Å². The van der Waals surface area contributed by atoms with Crippen molar-refractivity contribution in [1.82, 2.24) is 0 Å². The molecule has 2 N–H and O–H groups in total. The van der Waals surface area contributed by atoms with E-state index in [1.165, 1.54) is 14.2 Å². The van der Waals surface area contributed by atoms with E-state index >= 15 is 0 Å². The first kappa shape index (κ1) is 14.0. The Morgan fingerprint density at radius 1 is 1.18 bits per heavy atom. The minimum absolute atomic E-state index is 0.348. The van der Waals surface area contributed by atoms with Crippen LogP contribution in [0.1, 0.15) is 24.6 Å². The summed E-state index contributed by atoms with van der Waals surface area (Å²) in [4.78, 5) is 18.6. The van der Waals surface area contributed by atoms with Crippen molar-refractivity contribution < 1.29 is 23.8 Å². The topological polar surface area (TPSA) is 76.0 Å². The van der Waals surface area contributed by atoms with E-state index in [-0.39, 0.29) is 0 Å². The van der Waals surface area contributed by atoms with Gasteiger partial charge >= 0.3 is 7.60 Å². The number of ether oxygens (including phenoxy) is 2. The monoisotopic (exact) mass is 260 g/mol. The van der Waals surface area contributed by atoms with Gasteiger partial charge in [0.1, 0.15) is 11.5 Å². The van der Waals surface area contributed by atoms with Crippen LogP contribution in [0.2, 0.25) is 0 Å². The first-order valence-electron chi connectivity index (χ1n) is 5.20. The van der Waals surface area contributed by atoms with Crippen molar-refractivity contribution in [3.05, 3.63) is 23.8 Å². The highest BCUT2D eigenvalue weighted by Gasteiger charge is 2.29. The van der Waals surface area contributed by atoms with Crippen molar-refractivity contribution in [2.24, 2.45) is 0 Å². The van der Waals surface area contributed by atoms with E-state index in [0.29, 0.717) is 23.5 Å². The maximum atomic E-state index is 11.4. The van der Waals surface area contributed by atoms with Crippen LogP contribution in [0.15, 0.2) is 18.2 Å². The summed E-state index contributed by atoms with van der Waals surface area (Å²) in [6.07, 6.45) is 0.348. The van der Waals surface area contributed by atoms with Crippen LogP contribution in [0.3, 0.4) is 0 Å². The van der Waals surface area contributed by atoms with Crippen LogP contribution in [0.5, 0.6) is 11.5 Å². The van der Waals surface area contributed by atoms with Crippen LogP contribution in [0.25, 0.3) is 0 Å². The number of methoxy groups -OCH3 is 2. The van der Waals surface area contributed by atoms with Gasteiger partial charge in [-0.15, -0.1) is 0 Å². The Morgan fingerprint density at radius 3 is 1.94 bits per heavy atom. The molecule has 1 rings (SSSR count). The average Bonchev–Trinajstić information content (AvgIpc) is 2.27. The Morgan fingerprint density at radius 2 is 1.65 bits per heavy atom. The highest BCUT2D eigenvalue weighted by atomic mass is 31.2. The molecule has 6 heteroatoms. The quantitative estimate of drug-likeness (QED) is 0.794. The van der Waals surface area contributed by atoms with Crippen molar-refractivity contribution >= 4 is 7.60 Å². The Bertz CT molecular complexity index is 404. The summed E-state index contributed by atoms with van der Waals surface area (Å²) >= 11 is 0. The molecular formula is C11H17O5P. The summed E-state index contributed by atoms with van der Waals surface area (Å²) < 4.78 is 21.5. The fourth-order valence-electron chi connectivity index (χ4n) is 1.69. The van der Waals surface area contributed by atoms with Gasteiger partial charge in [0.15, 0.2) is 0 Å². The van der Waals surface area contributed by atoms with E-state index in [1.54, 1.807) is 25.1 Å². The molecule has 0 fully saturated rings. The molecule has 0 spiro atoms. The van der Waals surface area contributed by atoms with Gasteiger partial charge in [-0.25, -0.2) is 0 Å². The molecule has 0 amide bonds. The van der Waals surface area contributed by atoms with E-state index in [4.69, 9.17) is 9.47 Å². The Kier molecular flexibility index (Phi) is 4.57. The van der Waals surface area contributed by atoms with Crippen LogP contribution in [0.4, 0.5) is 0 Å². The van der Waals surface area contributed by atoms with Crippen LogP contribution < -0.4 is 9.47 Å². The first-order valence-corrected chi connectivity index (χ1v) is 6.88. The Hall–Kier alpha value is -1.03. The van der Waals surface area contributed by atoms with Gasteiger partial charge in [0.2, 0.25) is 0 Å². The second-order valence-electron chi connectivity index (χ2n) is 3.66. The smallest absolute Gasteiger partial charge is 0.332 e. The second-order valence-corrected chi connectivity index (χ2v) is 5.46. The van der Waals surface area contributed by atoms with E-state index in [2.05, 4.69) is 0 Å². The van der Waals surface area contributed by atoms with Crippen molar-refractivity contribution in [2.75, 3.05) is 14.2 Å². The molecule has 0 bridgehead atoms. The highest BCUT2D eigenvalue weighted by molar-refractivity contribution is 7.52. The van der Waals surface area contributed by atoms with Crippen molar-refractivity contribution in [2.45, 2.75) is 19.0 Å². The molecule has 0 saturated heterocycles. The third kappa shape index (κ3) is 3.46. The van der Waals surface area contributed by atoms with Crippen LogP contribution in [-0.4, -0.2) is 24.0 Å². The summed E-state index contributed by atoms with van der Waals surface area (Å²) in [5.74, 6) is 1.04. The fraction of sp³-hybridized carbons (Fsp3) is 0.455. The van der Waals surface area contributed by atoms with E-state index in [9.17, 15) is 14.4 Å². The van der Waals surface area contributed by atoms with Gasteiger partial charge in [0, 0.05) is 6.07 Å². The molecule has 0 aliphatic heterocycles. The molecule has 1 atom stereocenters. The normalized spacial score (nSPS) is 13.2. The first-order chi connectivity index (χ1) is 7.92. The fourth-order valence-corrected chi connectivity index (χ4v) is 2.70. The molecule has 0 heterocycles. The summed E-state index contributed by atoms with van der Waals surface area (Å²) in [6, 6.07) is 4.90. The third-order valence-corrected chi connectivity index (χ3v) is 4.03.